The number of nitrogens with zero attached hydrogens (tertiary/aromatic N) is 2. The third-order valence-electron chi connectivity index (χ3n) is 12.1. The minimum absolute atomic E-state index is 0.203. The third-order valence-corrected chi connectivity index (χ3v) is 12.1. The Morgan fingerprint density at radius 1 is 0.970 bits per heavy atom. The minimum atomic E-state index is 0.203. The molecule has 33 heavy (non-hydrogen) atoms. The van der Waals surface area contributed by atoms with Crippen molar-refractivity contribution >= 4 is 5.91 Å². The zero-order valence-corrected chi connectivity index (χ0v) is 21.3. The summed E-state index contributed by atoms with van der Waals surface area (Å²) in [6.07, 6.45) is 12.5. The summed E-state index contributed by atoms with van der Waals surface area (Å²) >= 11 is 0. The molecule has 5 aliphatic rings. The molecule has 3 heteroatoms. The second-order valence-corrected chi connectivity index (χ2v) is 13.0. The normalized spacial score (nSPS) is 46.7. The van der Waals surface area contributed by atoms with Crippen molar-refractivity contribution in [2.75, 3.05) is 20.6 Å². The molecule has 3 nitrogen and oxygen atoms in total. The third kappa shape index (κ3) is 3.13. The van der Waals surface area contributed by atoms with Gasteiger partial charge in [-0.2, -0.15) is 0 Å². The zero-order chi connectivity index (χ0) is 23.0. The molecular weight excluding hydrogens is 404 g/mol. The largest absolute Gasteiger partial charge is 0.339 e. The lowest BCUT2D eigenvalue weighted by atomic mass is 9.44. The number of fused-ring (bicyclic) bond motifs is 4. The Labute approximate surface area is 201 Å². The topological polar surface area (TPSA) is 23.6 Å². The van der Waals surface area contributed by atoms with Crippen LogP contribution in [-0.4, -0.2) is 48.4 Å². The highest BCUT2D eigenvalue weighted by Crippen LogP contribution is 2.69. The molecule has 1 heterocycles. The molecule has 1 spiro atoms. The summed E-state index contributed by atoms with van der Waals surface area (Å²) in [6.45, 7) is 6.53. The van der Waals surface area contributed by atoms with Crippen LogP contribution >= 0.6 is 0 Å². The fourth-order valence-corrected chi connectivity index (χ4v) is 10.3. The summed E-state index contributed by atoms with van der Waals surface area (Å²) in [4.78, 5) is 17.9. The highest BCUT2D eigenvalue weighted by atomic mass is 16.2. The molecule has 0 aromatic heterocycles. The molecule has 180 valence electrons. The lowest BCUT2D eigenvalue weighted by molar-refractivity contribution is -0.117. The van der Waals surface area contributed by atoms with Crippen molar-refractivity contribution in [2.45, 2.75) is 83.7 Å². The molecule has 0 N–H and O–H groups in total. The summed E-state index contributed by atoms with van der Waals surface area (Å²) in [5, 5.41) is 0. The first-order chi connectivity index (χ1) is 15.8. The van der Waals surface area contributed by atoms with E-state index >= 15 is 0 Å². The first kappa shape index (κ1) is 22.1. The van der Waals surface area contributed by atoms with Crippen molar-refractivity contribution in [3.63, 3.8) is 0 Å². The van der Waals surface area contributed by atoms with Crippen LogP contribution in [0.15, 0.2) is 30.3 Å². The van der Waals surface area contributed by atoms with E-state index in [0.29, 0.717) is 16.9 Å². The highest BCUT2D eigenvalue weighted by Gasteiger charge is 2.64. The molecule has 1 aromatic carbocycles. The number of carbonyl (C=O) groups excluding carboxylic acids is 1. The molecule has 1 saturated heterocycles. The van der Waals surface area contributed by atoms with Gasteiger partial charge in [0.15, 0.2) is 0 Å². The van der Waals surface area contributed by atoms with E-state index < -0.39 is 0 Å². The van der Waals surface area contributed by atoms with Gasteiger partial charge in [-0.3, -0.25) is 4.79 Å². The van der Waals surface area contributed by atoms with Crippen molar-refractivity contribution in [1.82, 2.24) is 9.80 Å². The lowest BCUT2D eigenvalue weighted by Crippen LogP contribution is -2.56. The van der Waals surface area contributed by atoms with E-state index in [1.165, 1.54) is 64.3 Å². The van der Waals surface area contributed by atoms with E-state index in [1.54, 1.807) is 0 Å². The fraction of sp³-hybridized carbons (Fsp3) is 0.767. The Morgan fingerprint density at radius 2 is 1.73 bits per heavy atom. The van der Waals surface area contributed by atoms with Crippen LogP contribution in [0.4, 0.5) is 0 Å². The first-order valence-electron chi connectivity index (χ1n) is 13.9. The fourth-order valence-electron chi connectivity index (χ4n) is 10.3. The van der Waals surface area contributed by atoms with Crippen molar-refractivity contribution in [3.05, 3.63) is 35.9 Å². The molecule has 5 fully saturated rings. The first-order valence-corrected chi connectivity index (χ1v) is 13.9. The van der Waals surface area contributed by atoms with Gasteiger partial charge in [0.1, 0.15) is 0 Å². The van der Waals surface area contributed by atoms with E-state index in [1.807, 2.05) is 30.3 Å². The Balaban J connectivity index is 1.19. The van der Waals surface area contributed by atoms with Gasteiger partial charge in [-0.05, 0) is 124 Å². The van der Waals surface area contributed by atoms with E-state index in [-0.39, 0.29) is 5.91 Å². The molecule has 1 aromatic rings. The van der Waals surface area contributed by atoms with Crippen molar-refractivity contribution in [2.24, 2.45) is 40.4 Å². The van der Waals surface area contributed by atoms with Gasteiger partial charge in [-0.15, -0.1) is 0 Å². The molecular formula is C30H44N2O. The van der Waals surface area contributed by atoms with Gasteiger partial charge in [0.2, 0.25) is 0 Å². The average Bonchev–Trinajstić information content (AvgIpc) is 3.31. The van der Waals surface area contributed by atoms with Gasteiger partial charge in [0.25, 0.3) is 5.91 Å². The molecule has 9 atom stereocenters. The molecule has 6 rings (SSSR count). The van der Waals surface area contributed by atoms with Gasteiger partial charge >= 0.3 is 0 Å². The summed E-state index contributed by atoms with van der Waals surface area (Å²) in [5.41, 5.74) is 1.96. The summed E-state index contributed by atoms with van der Waals surface area (Å²) in [5.74, 6) is 4.81. The number of benzene rings is 1. The molecule has 4 aliphatic carbocycles. The second-order valence-electron chi connectivity index (χ2n) is 13.0. The molecule has 1 unspecified atom stereocenters. The predicted molar refractivity (Wildman–Crippen MR) is 134 cm³/mol. The van der Waals surface area contributed by atoms with Crippen LogP contribution in [0.1, 0.15) is 82.0 Å². The molecule has 1 aliphatic heterocycles. The van der Waals surface area contributed by atoms with Gasteiger partial charge in [-0.1, -0.05) is 25.1 Å². The Bertz CT molecular complexity index is 900. The molecule has 1 amide bonds. The maximum absolute atomic E-state index is 13.1. The van der Waals surface area contributed by atoms with Crippen molar-refractivity contribution < 1.29 is 4.79 Å². The van der Waals surface area contributed by atoms with Crippen LogP contribution in [0, 0.1) is 40.4 Å². The summed E-state index contributed by atoms with van der Waals surface area (Å²) < 4.78 is 0. The summed E-state index contributed by atoms with van der Waals surface area (Å²) in [7, 11) is 4.43. The van der Waals surface area contributed by atoms with Gasteiger partial charge < -0.3 is 9.80 Å². The number of hydrogen-bond donors (Lipinski definition) is 0. The number of likely N-dealkylation sites (tertiary alicyclic amines) is 1. The van der Waals surface area contributed by atoms with Crippen LogP contribution < -0.4 is 0 Å². The second kappa shape index (κ2) is 7.83. The van der Waals surface area contributed by atoms with Crippen LogP contribution in [0.25, 0.3) is 0 Å². The number of hydrogen-bond acceptors (Lipinski definition) is 2. The SMILES string of the molecule is C[C@H]1[C@H]2CC[C@H]3[C@@H]4CCC5C[C@@H](N(C)C(=O)c6ccccc6)CC[C@]5(C)[C@H]4CC[C@]23CN1C. The molecule has 0 bridgehead atoms. The number of carbonyl (C=O) groups is 1. The van der Waals surface area contributed by atoms with Gasteiger partial charge in [0.05, 0.1) is 0 Å². The molecule has 0 radical (unpaired) electrons. The zero-order valence-electron chi connectivity index (χ0n) is 21.3. The summed E-state index contributed by atoms with van der Waals surface area (Å²) in [6, 6.07) is 11.1. The van der Waals surface area contributed by atoms with Crippen molar-refractivity contribution in [1.29, 1.82) is 0 Å². The minimum Gasteiger partial charge on any atom is -0.339 e. The maximum Gasteiger partial charge on any atom is 0.253 e. The van der Waals surface area contributed by atoms with Gasteiger partial charge in [-0.25, -0.2) is 0 Å². The lowest BCUT2D eigenvalue weighted by Gasteiger charge is -2.61. The standard InChI is InChI=1S/C30H44N2O/c1-20-25-12-13-27-24-11-10-22-18-23(32(4)28(33)21-8-6-5-7-9-21)14-16-29(22,2)26(24)15-17-30(25,27)19-31(20)3/h5-9,20,22-27H,10-19H2,1-4H3/t20-,22?,23-,24+,25+,26-,27-,29-,30-/m0/s1. The van der Waals surface area contributed by atoms with E-state index in [0.717, 1.165) is 41.2 Å². The Kier molecular flexibility index (Phi) is 5.25. The van der Waals surface area contributed by atoms with Crippen LogP contribution in [0.5, 0.6) is 0 Å². The Morgan fingerprint density at radius 3 is 2.52 bits per heavy atom. The predicted octanol–water partition coefficient (Wildman–Crippen LogP) is 6.10. The van der Waals surface area contributed by atoms with Gasteiger partial charge in [0, 0.05) is 31.2 Å². The van der Waals surface area contributed by atoms with Crippen molar-refractivity contribution in [3.8, 4) is 0 Å². The highest BCUT2D eigenvalue weighted by molar-refractivity contribution is 5.94. The quantitative estimate of drug-likeness (QED) is 0.546. The smallest absolute Gasteiger partial charge is 0.253 e. The van der Waals surface area contributed by atoms with E-state index in [4.69, 9.17) is 0 Å². The van der Waals surface area contributed by atoms with Crippen LogP contribution in [0.3, 0.4) is 0 Å². The maximum atomic E-state index is 13.1. The molecule has 4 saturated carbocycles. The van der Waals surface area contributed by atoms with E-state index in [9.17, 15) is 4.79 Å². The number of amides is 1. The van der Waals surface area contributed by atoms with Crippen LogP contribution in [0.2, 0.25) is 0 Å². The Hall–Kier alpha value is -1.35. The van der Waals surface area contributed by atoms with Crippen LogP contribution in [-0.2, 0) is 0 Å². The monoisotopic (exact) mass is 448 g/mol. The van der Waals surface area contributed by atoms with E-state index in [2.05, 4.69) is 37.7 Å². The average molecular weight is 449 g/mol. The number of rotatable bonds is 2.